The van der Waals surface area contributed by atoms with E-state index in [2.05, 4.69) is 55.2 Å². The Morgan fingerprint density at radius 3 is 2.62 bits per heavy atom. The first kappa shape index (κ1) is 20.0. The molecule has 0 amide bonds. The molecule has 0 aliphatic rings. The Bertz CT molecular complexity index is 567. The summed E-state index contributed by atoms with van der Waals surface area (Å²) in [6.45, 7) is 8.14. The zero-order chi connectivity index (χ0) is 17.8. The zero-order valence-electron chi connectivity index (χ0n) is 15.5. The largest absolute Gasteiger partial charge is 0.465 e. The first-order valence-corrected chi connectivity index (χ1v) is 8.76. The molecule has 2 heteroatoms. The van der Waals surface area contributed by atoms with Gasteiger partial charge in [-0.05, 0) is 52.5 Å². The van der Waals surface area contributed by atoms with E-state index < -0.39 is 5.41 Å². The van der Waals surface area contributed by atoms with Gasteiger partial charge in [0.25, 0.3) is 0 Å². The summed E-state index contributed by atoms with van der Waals surface area (Å²) in [6.07, 6.45) is 8.03. The van der Waals surface area contributed by atoms with Crippen LogP contribution in [0.2, 0.25) is 0 Å². The number of hydrogen-bond acceptors (Lipinski definition) is 2. The summed E-state index contributed by atoms with van der Waals surface area (Å²) in [5.74, 6) is 6.50. The number of esters is 1. The third-order valence-corrected chi connectivity index (χ3v) is 3.49. The molecule has 1 atom stereocenters. The van der Waals surface area contributed by atoms with Crippen molar-refractivity contribution in [1.82, 2.24) is 0 Å². The molecule has 130 valence electrons. The molecule has 0 unspecified atom stereocenters. The van der Waals surface area contributed by atoms with E-state index in [4.69, 9.17) is 4.74 Å². The molecule has 0 aliphatic carbocycles. The summed E-state index contributed by atoms with van der Waals surface area (Å²) in [5.41, 5.74) is 0.941. The van der Waals surface area contributed by atoms with Gasteiger partial charge in [-0.15, -0.1) is 5.92 Å². The van der Waals surface area contributed by atoms with Crippen molar-refractivity contribution in [2.45, 2.75) is 53.4 Å². The first-order chi connectivity index (χ1) is 11.4. The molecular formula is C22H30O2. The van der Waals surface area contributed by atoms with E-state index >= 15 is 0 Å². The highest BCUT2D eigenvalue weighted by Gasteiger charge is 2.22. The van der Waals surface area contributed by atoms with Crippen LogP contribution in [-0.4, -0.2) is 12.6 Å². The lowest BCUT2D eigenvalue weighted by Gasteiger charge is -2.15. The minimum absolute atomic E-state index is 0.148. The van der Waals surface area contributed by atoms with Crippen LogP contribution in [0.15, 0.2) is 42.5 Å². The van der Waals surface area contributed by atoms with Crippen molar-refractivity contribution in [2.75, 3.05) is 6.61 Å². The number of hydrogen-bond donors (Lipinski definition) is 0. The van der Waals surface area contributed by atoms with Gasteiger partial charge in [0.05, 0.1) is 12.0 Å². The number of carbonyl (C=O) groups is 1. The van der Waals surface area contributed by atoms with Crippen LogP contribution < -0.4 is 0 Å². The van der Waals surface area contributed by atoms with Crippen LogP contribution in [-0.2, 0) is 16.0 Å². The maximum absolute atomic E-state index is 11.6. The molecule has 24 heavy (non-hydrogen) atoms. The summed E-state index contributed by atoms with van der Waals surface area (Å²) in [7, 11) is 0. The van der Waals surface area contributed by atoms with Gasteiger partial charge in [-0.1, -0.05) is 48.4 Å². The highest BCUT2D eigenvalue weighted by molar-refractivity contribution is 5.75. The number of aryl methyl sites for hydroxylation is 1. The fourth-order valence-corrected chi connectivity index (χ4v) is 2.02. The number of benzene rings is 1. The van der Waals surface area contributed by atoms with Gasteiger partial charge in [-0.3, -0.25) is 4.79 Å². The van der Waals surface area contributed by atoms with E-state index in [1.54, 1.807) is 0 Å². The summed E-state index contributed by atoms with van der Waals surface area (Å²) < 4.78 is 5.21. The number of carbonyl (C=O) groups excluding carboxylic acids is 1. The van der Waals surface area contributed by atoms with Crippen molar-refractivity contribution in [3.05, 3.63) is 48.0 Å². The van der Waals surface area contributed by atoms with E-state index in [0.717, 1.165) is 25.7 Å². The second-order valence-corrected chi connectivity index (χ2v) is 7.05. The topological polar surface area (TPSA) is 26.3 Å². The second kappa shape index (κ2) is 10.7. The molecule has 1 rings (SSSR count). The lowest BCUT2D eigenvalue weighted by atomic mass is 9.97. The van der Waals surface area contributed by atoms with Crippen LogP contribution in [0.1, 0.15) is 52.5 Å². The van der Waals surface area contributed by atoms with Crippen molar-refractivity contribution in [3.63, 3.8) is 0 Å². The van der Waals surface area contributed by atoms with Crippen LogP contribution >= 0.6 is 0 Å². The molecule has 1 aromatic carbocycles. The van der Waals surface area contributed by atoms with Gasteiger partial charge in [0, 0.05) is 12.3 Å². The maximum atomic E-state index is 11.6. The Morgan fingerprint density at radius 1 is 1.25 bits per heavy atom. The van der Waals surface area contributed by atoms with Crippen molar-refractivity contribution in [2.24, 2.45) is 11.3 Å². The second-order valence-electron chi connectivity index (χ2n) is 7.05. The SMILES string of the molecule is C[C@H](C#CCCCOC(=O)C(C)(C)C)/C=C/CCc1ccccc1. The molecule has 2 nitrogen and oxygen atoms in total. The van der Waals surface area contributed by atoms with Crippen LogP contribution in [0.5, 0.6) is 0 Å². The number of rotatable bonds is 7. The average molecular weight is 326 g/mol. The van der Waals surface area contributed by atoms with Crippen LogP contribution in [0.25, 0.3) is 0 Å². The highest BCUT2D eigenvalue weighted by Crippen LogP contribution is 2.15. The zero-order valence-corrected chi connectivity index (χ0v) is 15.5. The van der Waals surface area contributed by atoms with Crippen molar-refractivity contribution >= 4 is 5.97 Å². The van der Waals surface area contributed by atoms with Gasteiger partial charge >= 0.3 is 5.97 Å². The number of unbranched alkanes of at least 4 members (excludes halogenated alkanes) is 1. The molecule has 0 N–H and O–H groups in total. The fraction of sp³-hybridized carbons (Fsp3) is 0.500. The highest BCUT2D eigenvalue weighted by atomic mass is 16.5. The Hall–Kier alpha value is -2.01. The molecule has 0 aromatic heterocycles. The quantitative estimate of drug-likeness (QED) is 0.298. The summed E-state index contributed by atoms with van der Waals surface area (Å²) in [6, 6.07) is 10.5. The molecule has 0 radical (unpaired) electrons. The Morgan fingerprint density at radius 2 is 1.96 bits per heavy atom. The van der Waals surface area contributed by atoms with Gasteiger partial charge < -0.3 is 4.74 Å². The van der Waals surface area contributed by atoms with Crippen molar-refractivity contribution in [3.8, 4) is 11.8 Å². The maximum Gasteiger partial charge on any atom is 0.311 e. The predicted molar refractivity (Wildman–Crippen MR) is 100 cm³/mol. The predicted octanol–water partition coefficient (Wildman–Crippen LogP) is 5.18. The number of allylic oxidation sites excluding steroid dienone is 2. The summed E-state index contributed by atoms with van der Waals surface area (Å²) >= 11 is 0. The lowest BCUT2D eigenvalue weighted by molar-refractivity contribution is -0.152. The van der Waals surface area contributed by atoms with Gasteiger partial charge in [-0.2, -0.15) is 0 Å². The molecule has 0 bridgehead atoms. The van der Waals surface area contributed by atoms with Crippen molar-refractivity contribution in [1.29, 1.82) is 0 Å². The normalized spacial score (nSPS) is 12.5. The lowest BCUT2D eigenvalue weighted by Crippen LogP contribution is -2.23. The molecule has 1 aromatic rings. The average Bonchev–Trinajstić information content (AvgIpc) is 2.54. The molecular weight excluding hydrogens is 296 g/mol. The van der Waals surface area contributed by atoms with E-state index in [-0.39, 0.29) is 11.9 Å². The molecule has 0 heterocycles. The molecule has 0 fully saturated rings. The van der Waals surface area contributed by atoms with Gasteiger partial charge in [0.1, 0.15) is 0 Å². The molecule has 0 spiro atoms. The molecule has 0 saturated carbocycles. The van der Waals surface area contributed by atoms with Gasteiger partial charge in [-0.25, -0.2) is 0 Å². The Labute approximate surface area is 147 Å². The minimum Gasteiger partial charge on any atom is -0.465 e. The van der Waals surface area contributed by atoms with E-state index in [1.807, 2.05) is 26.8 Å². The van der Waals surface area contributed by atoms with Crippen LogP contribution in [0, 0.1) is 23.2 Å². The molecule has 0 aliphatic heterocycles. The fourth-order valence-electron chi connectivity index (χ4n) is 2.02. The Balaban J connectivity index is 2.15. The standard InChI is InChI=1S/C22H30O2/c1-19(14-10-11-17-20-15-8-5-9-16-20)13-7-6-12-18-24-21(23)22(2,3)4/h5,8-10,14-16,19H,6,11-12,17-18H2,1-4H3/b14-10+/t19-/m1/s1. The summed E-state index contributed by atoms with van der Waals surface area (Å²) in [4.78, 5) is 11.6. The smallest absolute Gasteiger partial charge is 0.311 e. The monoisotopic (exact) mass is 326 g/mol. The Kier molecular flexibility index (Phi) is 8.94. The van der Waals surface area contributed by atoms with E-state index in [9.17, 15) is 4.79 Å². The first-order valence-electron chi connectivity index (χ1n) is 8.76. The van der Waals surface area contributed by atoms with E-state index in [0.29, 0.717) is 6.61 Å². The van der Waals surface area contributed by atoms with Crippen LogP contribution in [0.3, 0.4) is 0 Å². The van der Waals surface area contributed by atoms with Crippen molar-refractivity contribution < 1.29 is 9.53 Å². The third kappa shape index (κ3) is 9.20. The van der Waals surface area contributed by atoms with Gasteiger partial charge in [0.2, 0.25) is 0 Å². The minimum atomic E-state index is -0.426. The van der Waals surface area contributed by atoms with Crippen LogP contribution in [0.4, 0.5) is 0 Å². The third-order valence-electron chi connectivity index (χ3n) is 3.49. The van der Waals surface area contributed by atoms with Gasteiger partial charge in [0.15, 0.2) is 0 Å². The summed E-state index contributed by atoms with van der Waals surface area (Å²) in [5, 5.41) is 0. The van der Waals surface area contributed by atoms with E-state index in [1.165, 1.54) is 5.56 Å². The molecule has 0 saturated heterocycles. The number of ether oxygens (including phenoxy) is 1.